The summed E-state index contributed by atoms with van der Waals surface area (Å²) in [6.07, 6.45) is 33.6. The molecule has 9 nitrogen and oxygen atoms in total. The van der Waals surface area contributed by atoms with Crippen LogP contribution in [-0.4, -0.2) is 66.1 Å². The summed E-state index contributed by atoms with van der Waals surface area (Å²) in [6, 6.07) is 0. The van der Waals surface area contributed by atoms with E-state index >= 15 is 0 Å². The maximum absolute atomic E-state index is 13.3. The summed E-state index contributed by atoms with van der Waals surface area (Å²) in [5.74, 6) is -2.93. The Morgan fingerprint density at radius 2 is 0.636 bits per heavy atom. The molecule has 0 saturated carbocycles. The van der Waals surface area contributed by atoms with Crippen LogP contribution in [0.25, 0.3) is 0 Å². The van der Waals surface area contributed by atoms with E-state index < -0.39 is 38.0 Å². The number of carbonyl (C=O) groups is 4. The molecule has 0 atom stereocenters. The second-order valence-corrected chi connectivity index (χ2v) is 22.1. The van der Waals surface area contributed by atoms with Crippen molar-refractivity contribution >= 4 is 38.0 Å². The summed E-state index contributed by atoms with van der Waals surface area (Å²) < 4.78 is 19.2. The first kappa shape index (κ1) is 53.3. The molecule has 0 heterocycles. The second kappa shape index (κ2) is 35.5. The third-order valence-corrected chi connectivity index (χ3v) is 17.8. The Bertz CT molecular complexity index is 909. The van der Waals surface area contributed by atoms with Gasteiger partial charge in [-0.1, -0.05) is 13.3 Å². The van der Waals surface area contributed by atoms with E-state index in [2.05, 4.69) is 27.7 Å². The van der Waals surface area contributed by atoms with Crippen LogP contribution in [-0.2, 0) is 32.9 Å². The predicted molar refractivity (Wildman–Crippen MR) is 231 cm³/mol. The molecule has 0 amide bonds. The fourth-order valence-electron chi connectivity index (χ4n) is 7.78. The van der Waals surface area contributed by atoms with E-state index in [1.807, 2.05) is 0 Å². The van der Waals surface area contributed by atoms with E-state index in [0.29, 0.717) is 25.7 Å². The molecular weight excluding hydrogens is 714 g/mol. The van der Waals surface area contributed by atoms with Crippen LogP contribution < -0.4 is 0 Å². The molecule has 11 heteroatoms. The summed E-state index contributed by atoms with van der Waals surface area (Å²) in [6.45, 7) is 5.80. The third-order valence-electron chi connectivity index (χ3n) is 11.2. The van der Waals surface area contributed by atoms with E-state index in [9.17, 15) is 19.2 Å². The first-order valence-corrected chi connectivity index (χ1v) is 26.0. The number of carbonyl (C=O) groups excluding carboxylic acids is 2. The normalized spacial score (nSPS) is 12.3. The minimum absolute atomic E-state index is 0.0154. The first-order valence-electron chi connectivity index (χ1n) is 23.1. The Kier molecular flexibility index (Phi) is 34.4. The average molecular weight is 801 g/mol. The number of unbranched alkanes of at least 4 members (excludes halogenated alkanes) is 22. The second-order valence-electron chi connectivity index (χ2n) is 16.4. The number of aliphatic carboxylic acids is 2. The van der Waals surface area contributed by atoms with Crippen LogP contribution in [0.1, 0.15) is 233 Å². The van der Waals surface area contributed by atoms with Gasteiger partial charge in [-0.2, -0.15) is 0 Å². The van der Waals surface area contributed by atoms with Gasteiger partial charge in [0.1, 0.15) is 0 Å². The minimum atomic E-state index is -3.13. The van der Waals surface area contributed by atoms with Crippen molar-refractivity contribution in [2.45, 2.75) is 233 Å². The van der Waals surface area contributed by atoms with Crippen molar-refractivity contribution in [1.82, 2.24) is 0 Å². The number of hydrogen-bond donors (Lipinski definition) is 2. The van der Waals surface area contributed by atoms with Crippen LogP contribution in [0.3, 0.4) is 0 Å². The molecule has 0 radical (unpaired) electrons. The number of hydrogen-bond acceptors (Lipinski definition) is 7. The van der Waals surface area contributed by atoms with Crippen LogP contribution in [0.2, 0.25) is 0 Å². The van der Waals surface area contributed by atoms with Crippen LogP contribution in [0.15, 0.2) is 0 Å². The molecule has 2 N–H and O–H groups in total. The standard InChI is InChI=1S/C44H86BO9P/c1-5-9-13-17-18-19-20-21-22-23-24-32-40-55(37-29-14-10-6-2,38-30-15-11-7-3,39-31-16-12-8-4)54-45(52-43(50)35-27-25-33-41(46)47)53-44(51)36-28-26-34-42(48)49/h5-40H2,1-4H3,(H,46,47)(H,48,49). The maximum atomic E-state index is 13.3. The Morgan fingerprint density at radius 3 is 0.927 bits per heavy atom. The Balaban J connectivity index is 6.41. The molecule has 0 fully saturated rings. The molecular formula is C44H86BO9P. The van der Waals surface area contributed by atoms with Gasteiger partial charge in [0, 0.05) is 0 Å². The quantitative estimate of drug-likeness (QED) is 0.0351. The Morgan fingerprint density at radius 1 is 0.382 bits per heavy atom. The molecule has 0 aliphatic heterocycles. The zero-order chi connectivity index (χ0) is 40.9. The topological polar surface area (TPSA) is 136 Å². The van der Waals surface area contributed by atoms with Crippen LogP contribution in [0, 0.1) is 0 Å². The van der Waals surface area contributed by atoms with E-state index in [1.54, 1.807) is 0 Å². The molecule has 0 aliphatic carbocycles. The molecule has 0 rings (SSSR count). The van der Waals surface area contributed by atoms with Crippen molar-refractivity contribution in [3.05, 3.63) is 0 Å². The zero-order valence-corrected chi connectivity index (χ0v) is 37.1. The van der Waals surface area contributed by atoms with Crippen molar-refractivity contribution < 1.29 is 43.1 Å². The van der Waals surface area contributed by atoms with Gasteiger partial charge in [0.05, 0.1) is 0 Å². The summed E-state index contributed by atoms with van der Waals surface area (Å²) in [5.41, 5.74) is 0. The monoisotopic (exact) mass is 801 g/mol. The molecule has 0 unspecified atom stereocenters. The van der Waals surface area contributed by atoms with Crippen LogP contribution in [0.4, 0.5) is 0 Å². The van der Waals surface area contributed by atoms with E-state index in [0.717, 1.165) is 115 Å². The van der Waals surface area contributed by atoms with Gasteiger partial charge in [0.15, 0.2) is 0 Å². The van der Waals surface area contributed by atoms with Gasteiger partial charge in [0.25, 0.3) is 0 Å². The molecule has 0 bridgehead atoms. The summed E-state index contributed by atoms with van der Waals surface area (Å²) in [5, 5.41) is 18.2. The van der Waals surface area contributed by atoms with Gasteiger partial charge in [-0.25, -0.2) is 0 Å². The fraction of sp³-hybridized carbons (Fsp3) is 0.909. The van der Waals surface area contributed by atoms with Crippen molar-refractivity contribution in [2.24, 2.45) is 0 Å². The molecule has 0 aromatic carbocycles. The molecule has 324 valence electrons. The van der Waals surface area contributed by atoms with Crippen molar-refractivity contribution in [1.29, 1.82) is 0 Å². The van der Waals surface area contributed by atoms with Gasteiger partial charge in [-0.3, -0.25) is 0 Å². The number of rotatable bonds is 42. The molecule has 55 heavy (non-hydrogen) atoms. The molecule has 0 saturated heterocycles. The van der Waals surface area contributed by atoms with Crippen molar-refractivity contribution in [2.75, 3.05) is 24.6 Å². The third kappa shape index (κ3) is 30.1. The molecule has 0 aromatic heterocycles. The van der Waals surface area contributed by atoms with E-state index in [4.69, 9.17) is 24.0 Å². The van der Waals surface area contributed by atoms with Crippen molar-refractivity contribution in [3.8, 4) is 0 Å². The first-order chi connectivity index (χ1) is 26.5. The van der Waals surface area contributed by atoms with E-state index in [-0.39, 0.29) is 25.7 Å². The van der Waals surface area contributed by atoms with Crippen molar-refractivity contribution in [3.63, 3.8) is 0 Å². The van der Waals surface area contributed by atoms with Crippen LogP contribution >= 0.6 is 6.83 Å². The van der Waals surface area contributed by atoms with Gasteiger partial charge in [-0.15, -0.1) is 0 Å². The Hall–Kier alpha value is -1.67. The zero-order valence-electron chi connectivity index (χ0n) is 36.2. The Labute approximate surface area is 338 Å². The number of carboxylic acids is 2. The predicted octanol–water partition coefficient (Wildman–Crippen LogP) is 13.3. The molecule has 0 aromatic rings. The summed E-state index contributed by atoms with van der Waals surface area (Å²) in [7, 11) is -1.46. The van der Waals surface area contributed by atoms with Gasteiger partial charge in [0.2, 0.25) is 0 Å². The average Bonchev–Trinajstić information content (AvgIpc) is 3.14. The van der Waals surface area contributed by atoms with E-state index in [1.165, 1.54) is 64.2 Å². The summed E-state index contributed by atoms with van der Waals surface area (Å²) >= 11 is 0. The number of carboxylic acid groups (broad SMARTS) is 2. The fourth-order valence-corrected chi connectivity index (χ4v) is 14.2. The van der Waals surface area contributed by atoms with Gasteiger partial charge < -0.3 is 0 Å². The molecule has 0 spiro atoms. The van der Waals surface area contributed by atoms with Gasteiger partial charge in [-0.05, 0) is 0 Å². The SMILES string of the molecule is CCCCCCCCCCCCCCP(CCCCCC)(CCCCCC)(CCCCCC)OB(OC(=O)CCCCC(=O)O)OC(=O)CCCCC(=O)O. The summed E-state index contributed by atoms with van der Waals surface area (Å²) in [4.78, 5) is 48.7. The van der Waals surface area contributed by atoms with Crippen LogP contribution in [0.5, 0.6) is 0 Å². The molecule has 0 aliphatic rings. The van der Waals surface area contributed by atoms with Gasteiger partial charge >= 0.3 is 326 Å².